The normalized spacial score (nSPS) is 12.0. The summed E-state index contributed by atoms with van der Waals surface area (Å²) in [6, 6.07) is 11.8. The summed E-state index contributed by atoms with van der Waals surface area (Å²) in [6.07, 6.45) is 0.731. The number of rotatable bonds is 4. The SMILES string of the molecule is CN(C)S(=O)(=O)c1ccc2[nH]c(-c3ccc(Cl)cc3)c(C=O)c2c1. The van der Waals surface area contributed by atoms with Crippen LogP contribution in [-0.2, 0) is 10.0 Å². The number of aldehydes is 1. The van der Waals surface area contributed by atoms with Crippen molar-refractivity contribution < 1.29 is 13.2 Å². The van der Waals surface area contributed by atoms with Crippen LogP contribution in [0.3, 0.4) is 0 Å². The van der Waals surface area contributed by atoms with Crippen LogP contribution in [0, 0.1) is 0 Å². The molecule has 0 radical (unpaired) electrons. The fraction of sp³-hybridized carbons (Fsp3) is 0.118. The number of carbonyl (C=O) groups is 1. The Bertz CT molecular complexity index is 1020. The molecule has 0 spiro atoms. The third-order valence-corrected chi connectivity index (χ3v) is 5.90. The molecule has 1 N–H and O–H groups in total. The van der Waals surface area contributed by atoms with Gasteiger partial charge in [0.05, 0.1) is 10.6 Å². The van der Waals surface area contributed by atoms with E-state index < -0.39 is 10.0 Å². The Labute approximate surface area is 144 Å². The zero-order valence-corrected chi connectivity index (χ0v) is 14.6. The van der Waals surface area contributed by atoms with E-state index in [9.17, 15) is 13.2 Å². The number of aromatic nitrogens is 1. The summed E-state index contributed by atoms with van der Waals surface area (Å²) in [7, 11) is -0.631. The van der Waals surface area contributed by atoms with Crippen LogP contribution in [0.2, 0.25) is 5.02 Å². The standard InChI is InChI=1S/C17H15ClN2O3S/c1-20(2)24(22,23)13-7-8-16-14(9-13)15(10-21)17(19-16)11-3-5-12(18)6-4-11/h3-10,19H,1-2H3. The Morgan fingerprint density at radius 1 is 1.08 bits per heavy atom. The summed E-state index contributed by atoms with van der Waals surface area (Å²) in [4.78, 5) is 15.0. The van der Waals surface area contributed by atoms with Crippen molar-refractivity contribution in [3.8, 4) is 11.3 Å². The van der Waals surface area contributed by atoms with Crippen molar-refractivity contribution >= 4 is 38.8 Å². The molecule has 0 amide bonds. The molecule has 0 atom stereocenters. The number of hydrogen-bond acceptors (Lipinski definition) is 3. The molecule has 0 aliphatic heterocycles. The van der Waals surface area contributed by atoms with E-state index in [1.165, 1.54) is 26.2 Å². The van der Waals surface area contributed by atoms with Gasteiger partial charge in [-0.3, -0.25) is 4.79 Å². The Morgan fingerprint density at radius 3 is 2.33 bits per heavy atom. The number of fused-ring (bicyclic) bond motifs is 1. The molecule has 24 heavy (non-hydrogen) atoms. The van der Waals surface area contributed by atoms with Gasteiger partial charge in [0, 0.05) is 35.6 Å². The van der Waals surface area contributed by atoms with E-state index in [-0.39, 0.29) is 4.90 Å². The molecule has 5 nitrogen and oxygen atoms in total. The van der Waals surface area contributed by atoms with Crippen molar-refractivity contribution in [1.82, 2.24) is 9.29 Å². The first-order valence-electron chi connectivity index (χ1n) is 7.14. The highest BCUT2D eigenvalue weighted by Crippen LogP contribution is 2.31. The van der Waals surface area contributed by atoms with E-state index >= 15 is 0 Å². The minimum atomic E-state index is -3.57. The molecule has 0 bridgehead atoms. The fourth-order valence-corrected chi connectivity index (χ4v) is 3.58. The van der Waals surface area contributed by atoms with Gasteiger partial charge in [0.2, 0.25) is 10.0 Å². The van der Waals surface area contributed by atoms with Gasteiger partial charge in [-0.05, 0) is 35.9 Å². The quantitative estimate of drug-likeness (QED) is 0.721. The summed E-state index contributed by atoms with van der Waals surface area (Å²) in [6.45, 7) is 0. The third kappa shape index (κ3) is 2.73. The van der Waals surface area contributed by atoms with Gasteiger partial charge in [-0.25, -0.2) is 12.7 Å². The number of nitrogens with one attached hydrogen (secondary N) is 1. The first kappa shape index (κ1) is 16.7. The second-order valence-corrected chi connectivity index (χ2v) is 8.12. The number of nitrogens with zero attached hydrogens (tertiary/aromatic N) is 1. The third-order valence-electron chi connectivity index (χ3n) is 3.84. The maximum atomic E-state index is 12.3. The maximum Gasteiger partial charge on any atom is 0.242 e. The highest BCUT2D eigenvalue weighted by molar-refractivity contribution is 7.89. The lowest BCUT2D eigenvalue weighted by atomic mass is 10.1. The Hall–Kier alpha value is -2.15. The monoisotopic (exact) mass is 362 g/mol. The van der Waals surface area contributed by atoms with Gasteiger partial charge < -0.3 is 4.98 Å². The molecule has 2 aromatic carbocycles. The number of H-pyrrole nitrogens is 1. The number of aromatic amines is 1. The average Bonchev–Trinajstić information content (AvgIpc) is 2.92. The van der Waals surface area contributed by atoms with Crippen molar-refractivity contribution in [2.24, 2.45) is 0 Å². The van der Waals surface area contributed by atoms with Gasteiger partial charge in [0.25, 0.3) is 0 Å². The summed E-state index contributed by atoms with van der Waals surface area (Å²) in [5.74, 6) is 0. The van der Waals surface area contributed by atoms with E-state index in [4.69, 9.17) is 11.6 Å². The van der Waals surface area contributed by atoms with Gasteiger partial charge in [-0.15, -0.1) is 0 Å². The molecule has 0 saturated carbocycles. The topological polar surface area (TPSA) is 70.2 Å². The summed E-state index contributed by atoms with van der Waals surface area (Å²) >= 11 is 5.90. The van der Waals surface area contributed by atoms with Gasteiger partial charge >= 0.3 is 0 Å². The lowest BCUT2D eigenvalue weighted by Gasteiger charge is -2.11. The molecule has 0 aliphatic rings. The van der Waals surface area contributed by atoms with Gasteiger partial charge in [-0.2, -0.15) is 0 Å². The Morgan fingerprint density at radius 2 is 1.75 bits per heavy atom. The summed E-state index contributed by atoms with van der Waals surface area (Å²) in [5, 5.41) is 1.17. The largest absolute Gasteiger partial charge is 0.354 e. The van der Waals surface area contributed by atoms with Crippen molar-refractivity contribution in [3.05, 3.63) is 53.1 Å². The first-order chi connectivity index (χ1) is 11.3. The molecule has 3 aromatic rings. The molecular weight excluding hydrogens is 348 g/mol. The number of sulfonamides is 1. The molecule has 0 saturated heterocycles. The van der Waals surface area contributed by atoms with Crippen LogP contribution in [0.1, 0.15) is 10.4 Å². The second kappa shape index (κ2) is 6.05. The predicted octanol–water partition coefficient (Wildman–Crippen LogP) is 3.55. The van der Waals surface area contributed by atoms with E-state index in [1.807, 2.05) is 0 Å². The van der Waals surface area contributed by atoms with Crippen molar-refractivity contribution in [2.75, 3.05) is 14.1 Å². The highest BCUT2D eigenvalue weighted by Gasteiger charge is 2.20. The molecular formula is C17H15ClN2O3S. The fourth-order valence-electron chi connectivity index (χ4n) is 2.53. The smallest absolute Gasteiger partial charge is 0.242 e. The summed E-state index contributed by atoms with van der Waals surface area (Å²) in [5.41, 5.74) is 2.55. The van der Waals surface area contributed by atoms with Gasteiger partial charge in [0.15, 0.2) is 6.29 Å². The zero-order chi connectivity index (χ0) is 17.5. The van der Waals surface area contributed by atoms with Crippen molar-refractivity contribution in [1.29, 1.82) is 0 Å². The van der Waals surface area contributed by atoms with Crippen LogP contribution in [0.25, 0.3) is 22.2 Å². The van der Waals surface area contributed by atoms with Gasteiger partial charge in [-0.1, -0.05) is 23.7 Å². The van der Waals surface area contributed by atoms with Crippen LogP contribution in [0.5, 0.6) is 0 Å². The van der Waals surface area contributed by atoms with E-state index in [1.54, 1.807) is 30.3 Å². The molecule has 7 heteroatoms. The molecule has 124 valence electrons. The first-order valence-corrected chi connectivity index (χ1v) is 8.96. The van der Waals surface area contributed by atoms with E-state index in [0.717, 1.165) is 16.2 Å². The number of hydrogen-bond donors (Lipinski definition) is 1. The highest BCUT2D eigenvalue weighted by atomic mass is 35.5. The molecule has 0 unspecified atom stereocenters. The minimum absolute atomic E-state index is 0.143. The Kier molecular flexibility index (Phi) is 4.21. The lowest BCUT2D eigenvalue weighted by molar-refractivity contribution is 0.112. The zero-order valence-electron chi connectivity index (χ0n) is 13.1. The van der Waals surface area contributed by atoms with Crippen LogP contribution >= 0.6 is 11.6 Å². The lowest BCUT2D eigenvalue weighted by Crippen LogP contribution is -2.22. The molecule has 0 aliphatic carbocycles. The average molecular weight is 363 g/mol. The number of benzene rings is 2. The van der Waals surface area contributed by atoms with Crippen LogP contribution in [-0.4, -0.2) is 38.1 Å². The van der Waals surface area contributed by atoms with Crippen LogP contribution in [0.4, 0.5) is 0 Å². The van der Waals surface area contributed by atoms with Crippen LogP contribution < -0.4 is 0 Å². The molecule has 3 rings (SSSR count). The molecule has 0 fully saturated rings. The molecule has 1 heterocycles. The second-order valence-electron chi connectivity index (χ2n) is 5.53. The van der Waals surface area contributed by atoms with E-state index in [0.29, 0.717) is 27.2 Å². The van der Waals surface area contributed by atoms with E-state index in [2.05, 4.69) is 4.98 Å². The van der Waals surface area contributed by atoms with Crippen LogP contribution in [0.15, 0.2) is 47.4 Å². The minimum Gasteiger partial charge on any atom is -0.354 e. The summed E-state index contributed by atoms with van der Waals surface area (Å²) < 4.78 is 25.7. The van der Waals surface area contributed by atoms with Crippen molar-refractivity contribution in [3.63, 3.8) is 0 Å². The maximum absolute atomic E-state index is 12.3. The number of halogens is 1. The predicted molar refractivity (Wildman–Crippen MR) is 95.0 cm³/mol. The Balaban J connectivity index is 2.24. The number of carbonyl (C=O) groups excluding carboxylic acids is 1. The van der Waals surface area contributed by atoms with Crippen molar-refractivity contribution in [2.45, 2.75) is 4.90 Å². The molecule has 1 aromatic heterocycles. The van der Waals surface area contributed by atoms with Gasteiger partial charge in [0.1, 0.15) is 0 Å².